The summed E-state index contributed by atoms with van der Waals surface area (Å²) in [5, 5.41) is 19.0. The first-order valence-electron chi connectivity index (χ1n) is 5.40. The number of halogens is 1. The van der Waals surface area contributed by atoms with Gasteiger partial charge in [0, 0.05) is 18.1 Å². The highest BCUT2D eigenvalue weighted by atomic mass is 19.1. The number of rotatable bonds is 5. The number of ether oxygens (including phenoxy) is 1. The average molecular weight is 266 g/mol. The molecule has 0 spiro atoms. The lowest BCUT2D eigenvalue weighted by Crippen LogP contribution is -2.15. The number of hydrogen-bond donors (Lipinski definition) is 0. The molecule has 0 aliphatic rings. The topological polar surface area (TPSA) is 93.2 Å². The summed E-state index contributed by atoms with van der Waals surface area (Å²) in [6.07, 6.45) is 0.147. The van der Waals surface area contributed by atoms with Crippen molar-refractivity contribution < 1.29 is 18.8 Å². The number of benzene rings is 1. The van der Waals surface area contributed by atoms with Crippen molar-refractivity contribution in [1.29, 1.82) is 5.26 Å². The molecule has 0 heterocycles. The molecule has 0 amide bonds. The number of esters is 1. The van der Waals surface area contributed by atoms with Gasteiger partial charge in [-0.3, -0.25) is 14.9 Å². The molecule has 6 nitrogen and oxygen atoms in total. The van der Waals surface area contributed by atoms with Crippen LogP contribution in [0.2, 0.25) is 0 Å². The lowest BCUT2D eigenvalue weighted by molar-refractivity contribution is -0.385. The number of nitro benzene ring substituents is 1. The van der Waals surface area contributed by atoms with Crippen LogP contribution in [0, 0.1) is 27.3 Å². The monoisotopic (exact) mass is 266 g/mol. The second-order valence-corrected chi connectivity index (χ2v) is 3.74. The number of non-ortho nitro benzene ring substituents is 1. The van der Waals surface area contributed by atoms with E-state index < -0.39 is 28.3 Å². The Bertz CT molecular complexity index is 539. The average Bonchev–Trinajstić information content (AvgIpc) is 2.39. The lowest BCUT2D eigenvalue weighted by atomic mass is 9.94. The van der Waals surface area contributed by atoms with E-state index in [1.807, 2.05) is 6.07 Å². The molecule has 0 saturated carbocycles. The Labute approximate surface area is 108 Å². The number of carbonyl (C=O) groups is 1. The molecule has 1 aromatic carbocycles. The van der Waals surface area contributed by atoms with Crippen LogP contribution in [-0.4, -0.2) is 18.0 Å². The van der Waals surface area contributed by atoms with Crippen molar-refractivity contribution in [3.05, 3.63) is 39.7 Å². The summed E-state index contributed by atoms with van der Waals surface area (Å²) in [5.41, 5.74) is -0.405. The summed E-state index contributed by atoms with van der Waals surface area (Å²) in [4.78, 5) is 21.3. The van der Waals surface area contributed by atoms with E-state index in [0.29, 0.717) is 0 Å². The number of carbonyl (C=O) groups excluding carboxylic acids is 1. The van der Waals surface area contributed by atoms with Crippen LogP contribution in [0.5, 0.6) is 0 Å². The van der Waals surface area contributed by atoms with Crippen LogP contribution in [-0.2, 0) is 9.53 Å². The molecule has 0 radical (unpaired) electrons. The van der Waals surface area contributed by atoms with E-state index in [1.165, 1.54) is 6.07 Å². The van der Waals surface area contributed by atoms with Crippen LogP contribution in [0.4, 0.5) is 10.1 Å². The van der Waals surface area contributed by atoms with Gasteiger partial charge >= 0.3 is 5.97 Å². The van der Waals surface area contributed by atoms with Crippen LogP contribution < -0.4 is 0 Å². The van der Waals surface area contributed by atoms with Crippen LogP contribution in [0.3, 0.4) is 0 Å². The zero-order chi connectivity index (χ0) is 14.4. The predicted molar refractivity (Wildman–Crippen MR) is 62.7 cm³/mol. The molecule has 100 valence electrons. The van der Waals surface area contributed by atoms with Crippen molar-refractivity contribution in [2.75, 3.05) is 7.11 Å². The summed E-state index contributed by atoms with van der Waals surface area (Å²) < 4.78 is 18.3. The zero-order valence-electron chi connectivity index (χ0n) is 10.1. The second kappa shape index (κ2) is 6.44. The first-order valence-corrected chi connectivity index (χ1v) is 5.40. The maximum atomic E-state index is 13.8. The number of nitro groups is 1. The number of nitriles is 1. The largest absolute Gasteiger partial charge is 0.469 e. The van der Waals surface area contributed by atoms with E-state index in [0.717, 1.165) is 19.2 Å². The van der Waals surface area contributed by atoms with E-state index in [4.69, 9.17) is 5.26 Å². The summed E-state index contributed by atoms with van der Waals surface area (Å²) in [7, 11) is 1.16. The molecule has 0 aromatic heterocycles. The Morgan fingerprint density at radius 2 is 2.32 bits per heavy atom. The highest BCUT2D eigenvalue weighted by molar-refractivity contribution is 5.78. The molecule has 0 aliphatic heterocycles. The van der Waals surface area contributed by atoms with Crippen molar-refractivity contribution in [2.45, 2.75) is 18.8 Å². The Morgan fingerprint density at radius 1 is 1.63 bits per heavy atom. The quantitative estimate of drug-likeness (QED) is 0.463. The summed E-state index contributed by atoms with van der Waals surface area (Å²) in [6.45, 7) is 0. The van der Waals surface area contributed by atoms with Gasteiger partial charge in [-0.15, -0.1) is 0 Å². The molecular weight excluding hydrogens is 255 g/mol. The van der Waals surface area contributed by atoms with Crippen molar-refractivity contribution in [3.8, 4) is 6.07 Å². The summed E-state index contributed by atoms with van der Waals surface area (Å²) in [6, 6.07) is 4.89. The third-order valence-electron chi connectivity index (χ3n) is 2.60. The fourth-order valence-corrected chi connectivity index (χ4v) is 1.66. The molecule has 0 fully saturated rings. The molecule has 19 heavy (non-hydrogen) atoms. The normalized spacial score (nSPS) is 11.4. The van der Waals surface area contributed by atoms with E-state index in [9.17, 15) is 19.3 Å². The van der Waals surface area contributed by atoms with Crippen molar-refractivity contribution in [1.82, 2.24) is 0 Å². The predicted octanol–water partition coefficient (Wildman–Crippen LogP) is 2.29. The fourth-order valence-electron chi connectivity index (χ4n) is 1.66. The fraction of sp³-hybridized carbons (Fsp3) is 0.333. The minimum Gasteiger partial charge on any atom is -0.469 e. The maximum absolute atomic E-state index is 13.8. The molecule has 1 aromatic rings. The van der Waals surface area contributed by atoms with Gasteiger partial charge < -0.3 is 4.74 Å². The standard InChI is InChI=1S/C12H11FN2O4/c1-19-12(16)10(3-2-6-14)9-5-4-8(15(17)18)7-11(9)13/h4-5,7,10H,2-3H2,1H3. The maximum Gasteiger partial charge on any atom is 0.313 e. The van der Waals surface area contributed by atoms with E-state index in [-0.39, 0.29) is 18.4 Å². The molecule has 0 aliphatic carbocycles. The number of nitrogens with zero attached hydrogens (tertiary/aromatic N) is 2. The highest BCUT2D eigenvalue weighted by Gasteiger charge is 2.25. The Kier molecular flexibility index (Phi) is 4.94. The van der Waals surface area contributed by atoms with Gasteiger partial charge in [0.15, 0.2) is 0 Å². The highest BCUT2D eigenvalue weighted by Crippen LogP contribution is 2.27. The van der Waals surface area contributed by atoms with Gasteiger partial charge in [-0.2, -0.15) is 5.26 Å². The lowest BCUT2D eigenvalue weighted by Gasteiger charge is -2.14. The van der Waals surface area contributed by atoms with Gasteiger partial charge in [-0.1, -0.05) is 0 Å². The first kappa shape index (κ1) is 14.6. The van der Waals surface area contributed by atoms with E-state index in [1.54, 1.807) is 0 Å². The minimum atomic E-state index is -0.939. The molecule has 1 atom stereocenters. The van der Waals surface area contributed by atoms with E-state index >= 15 is 0 Å². The molecule has 0 saturated heterocycles. The van der Waals surface area contributed by atoms with Crippen LogP contribution >= 0.6 is 0 Å². The van der Waals surface area contributed by atoms with Crippen molar-refractivity contribution in [3.63, 3.8) is 0 Å². The van der Waals surface area contributed by atoms with Gasteiger partial charge in [0.25, 0.3) is 5.69 Å². The Balaban J connectivity index is 3.12. The molecule has 1 rings (SSSR count). The van der Waals surface area contributed by atoms with Gasteiger partial charge in [0.05, 0.1) is 30.1 Å². The molecule has 0 bridgehead atoms. The number of hydrogen-bond acceptors (Lipinski definition) is 5. The summed E-state index contributed by atoms with van der Waals surface area (Å²) in [5.74, 6) is -2.48. The molecule has 0 N–H and O–H groups in total. The molecular formula is C12H11FN2O4. The third-order valence-corrected chi connectivity index (χ3v) is 2.60. The second-order valence-electron chi connectivity index (χ2n) is 3.74. The summed E-state index contributed by atoms with van der Waals surface area (Å²) >= 11 is 0. The zero-order valence-corrected chi connectivity index (χ0v) is 10.1. The molecule has 7 heteroatoms. The smallest absolute Gasteiger partial charge is 0.313 e. The van der Waals surface area contributed by atoms with Crippen LogP contribution in [0.1, 0.15) is 24.3 Å². The molecule has 1 unspecified atom stereocenters. The van der Waals surface area contributed by atoms with Crippen molar-refractivity contribution in [2.24, 2.45) is 0 Å². The first-order chi connectivity index (χ1) is 9.01. The Hall–Kier alpha value is -2.49. The van der Waals surface area contributed by atoms with Gasteiger partial charge in [0.2, 0.25) is 0 Å². The number of methoxy groups -OCH3 is 1. The van der Waals surface area contributed by atoms with Gasteiger partial charge in [-0.05, 0) is 12.5 Å². The van der Waals surface area contributed by atoms with Crippen molar-refractivity contribution >= 4 is 11.7 Å². The van der Waals surface area contributed by atoms with E-state index in [2.05, 4.69) is 4.74 Å². The third kappa shape index (κ3) is 3.48. The van der Waals surface area contributed by atoms with Gasteiger partial charge in [0.1, 0.15) is 5.82 Å². The SMILES string of the molecule is COC(=O)C(CCC#N)c1ccc([N+](=O)[O-])cc1F. The minimum absolute atomic E-state index is 0.00676. The Morgan fingerprint density at radius 3 is 2.79 bits per heavy atom. The van der Waals surface area contributed by atoms with Gasteiger partial charge in [-0.25, -0.2) is 4.39 Å². The van der Waals surface area contributed by atoms with Crippen LogP contribution in [0.15, 0.2) is 18.2 Å². The van der Waals surface area contributed by atoms with Crippen LogP contribution in [0.25, 0.3) is 0 Å².